The highest BCUT2D eigenvalue weighted by Crippen LogP contribution is 2.27. The minimum absolute atomic E-state index is 0.350. The van der Waals surface area contributed by atoms with E-state index in [-0.39, 0.29) is 0 Å². The van der Waals surface area contributed by atoms with E-state index >= 15 is 0 Å². The van der Waals surface area contributed by atoms with Crippen LogP contribution >= 0.6 is 0 Å². The van der Waals surface area contributed by atoms with Gasteiger partial charge < -0.3 is 15.0 Å². The molecule has 3 heteroatoms. The summed E-state index contributed by atoms with van der Waals surface area (Å²) < 4.78 is 5.73. The summed E-state index contributed by atoms with van der Waals surface area (Å²) in [4.78, 5) is 2.45. The molecule has 0 fully saturated rings. The van der Waals surface area contributed by atoms with Gasteiger partial charge in [-0.3, -0.25) is 0 Å². The molecule has 0 aliphatic rings. The van der Waals surface area contributed by atoms with Crippen LogP contribution in [0.5, 0.6) is 5.75 Å². The van der Waals surface area contributed by atoms with Crippen LogP contribution in [-0.4, -0.2) is 38.2 Å². The van der Waals surface area contributed by atoms with E-state index in [1.807, 2.05) is 20.0 Å². The van der Waals surface area contributed by atoms with Gasteiger partial charge in [-0.25, -0.2) is 0 Å². The van der Waals surface area contributed by atoms with E-state index in [9.17, 15) is 0 Å². The van der Waals surface area contributed by atoms with Gasteiger partial charge in [0.1, 0.15) is 5.75 Å². The second kappa shape index (κ2) is 8.94. The first kappa shape index (κ1) is 16.0. The molecule has 0 saturated heterocycles. The van der Waals surface area contributed by atoms with E-state index in [0.717, 1.165) is 31.8 Å². The molecule has 108 valence electrons. The molecule has 1 aromatic carbocycles. The zero-order valence-electron chi connectivity index (χ0n) is 12.8. The Morgan fingerprint density at radius 3 is 2.42 bits per heavy atom. The normalized spacial score (nSPS) is 12.7. The summed E-state index contributed by atoms with van der Waals surface area (Å²) in [6.07, 6.45) is 1.10. The quantitative estimate of drug-likeness (QED) is 0.742. The van der Waals surface area contributed by atoms with Gasteiger partial charge in [0.2, 0.25) is 0 Å². The Hall–Kier alpha value is -1.06. The molecule has 1 aromatic rings. The van der Waals surface area contributed by atoms with Gasteiger partial charge in [-0.1, -0.05) is 32.0 Å². The molecule has 1 atom stereocenters. The molecule has 0 radical (unpaired) electrons. The van der Waals surface area contributed by atoms with Crippen molar-refractivity contribution in [2.24, 2.45) is 0 Å². The largest absolute Gasteiger partial charge is 0.494 e. The predicted octanol–water partition coefficient (Wildman–Crippen LogP) is 3.08. The first-order valence-electron chi connectivity index (χ1n) is 7.38. The van der Waals surface area contributed by atoms with Crippen molar-refractivity contribution in [1.29, 1.82) is 0 Å². The molecule has 0 amide bonds. The van der Waals surface area contributed by atoms with Crippen LogP contribution in [-0.2, 0) is 0 Å². The van der Waals surface area contributed by atoms with Gasteiger partial charge >= 0.3 is 0 Å². The molecule has 0 aliphatic carbocycles. The van der Waals surface area contributed by atoms with Crippen molar-refractivity contribution in [2.75, 3.05) is 33.3 Å². The molecule has 1 N–H and O–H groups in total. The Morgan fingerprint density at radius 2 is 1.84 bits per heavy atom. The lowest BCUT2D eigenvalue weighted by Crippen LogP contribution is -2.28. The summed E-state index contributed by atoms with van der Waals surface area (Å²) >= 11 is 0. The van der Waals surface area contributed by atoms with E-state index in [1.54, 1.807) is 0 Å². The number of para-hydroxylation sites is 1. The third kappa shape index (κ3) is 4.84. The van der Waals surface area contributed by atoms with E-state index < -0.39 is 0 Å². The standard InChI is InChI=1S/C16H28N2O/c1-5-18(6-2)13-12-15(17-4)14-10-8-9-11-16(14)19-7-3/h8-11,15,17H,5-7,12-13H2,1-4H3. The van der Waals surface area contributed by atoms with Crippen LogP contribution in [0, 0.1) is 0 Å². The van der Waals surface area contributed by atoms with Gasteiger partial charge in [0.25, 0.3) is 0 Å². The van der Waals surface area contributed by atoms with Crippen molar-refractivity contribution in [3.63, 3.8) is 0 Å². The third-order valence-corrected chi connectivity index (χ3v) is 3.57. The van der Waals surface area contributed by atoms with Gasteiger partial charge in [0, 0.05) is 11.6 Å². The average Bonchev–Trinajstić information content (AvgIpc) is 2.45. The fourth-order valence-electron chi connectivity index (χ4n) is 2.36. The molecule has 3 nitrogen and oxygen atoms in total. The van der Waals surface area contributed by atoms with Crippen molar-refractivity contribution < 1.29 is 4.74 Å². The second-order valence-electron chi connectivity index (χ2n) is 4.63. The molecular formula is C16H28N2O. The smallest absolute Gasteiger partial charge is 0.124 e. The topological polar surface area (TPSA) is 24.5 Å². The number of nitrogens with zero attached hydrogens (tertiary/aromatic N) is 1. The van der Waals surface area contributed by atoms with E-state index in [4.69, 9.17) is 4.74 Å². The number of rotatable bonds is 9. The lowest BCUT2D eigenvalue weighted by molar-refractivity contribution is 0.280. The molecule has 0 spiro atoms. The van der Waals surface area contributed by atoms with Crippen LogP contribution in [0.3, 0.4) is 0 Å². The Balaban J connectivity index is 2.73. The number of hydrogen-bond donors (Lipinski definition) is 1. The van der Waals surface area contributed by atoms with Crippen molar-refractivity contribution in [1.82, 2.24) is 10.2 Å². The first-order valence-corrected chi connectivity index (χ1v) is 7.38. The van der Waals surface area contributed by atoms with Crippen LogP contribution in [0.2, 0.25) is 0 Å². The van der Waals surface area contributed by atoms with E-state index in [2.05, 4.69) is 42.3 Å². The maximum atomic E-state index is 5.73. The van der Waals surface area contributed by atoms with Crippen molar-refractivity contribution in [3.8, 4) is 5.75 Å². The Kier molecular flexibility index (Phi) is 7.53. The fourth-order valence-corrected chi connectivity index (χ4v) is 2.36. The van der Waals surface area contributed by atoms with Crippen LogP contribution in [0.25, 0.3) is 0 Å². The molecule has 19 heavy (non-hydrogen) atoms. The minimum Gasteiger partial charge on any atom is -0.494 e. The SMILES string of the molecule is CCOc1ccccc1C(CCN(CC)CC)NC. The number of nitrogens with one attached hydrogen (secondary N) is 1. The molecular weight excluding hydrogens is 236 g/mol. The molecule has 0 bridgehead atoms. The molecule has 0 heterocycles. The zero-order chi connectivity index (χ0) is 14.1. The predicted molar refractivity (Wildman–Crippen MR) is 81.8 cm³/mol. The second-order valence-corrected chi connectivity index (χ2v) is 4.63. The van der Waals surface area contributed by atoms with Gasteiger partial charge in [-0.05, 0) is 46.1 Å². The third-order valence-electron chi connectivity index (χ3n) is 3.57. The summed E-state index contributed by atoms with van der Waals surface area (Å²) in [6, 6.07) is 8.68. The molecule has 0 aromatic heterocycles. The lowest BCUT2D eigenvalue weighted by atomic mass is 10.0. The van der Waals surface area contributed by atoms with Gasteiger partial charge in [0.15, 0.2) is 0 Å². The monoisotopic (exact) mass is 264 g/mol. The maximum Gasteiger partial charge on any atom is 0.124 e. The Bertz CT molecular complexity index is 350. The number of benzene rings is 1. The zero-order valence-corrected chi connectivity index (χ0v) is 12.8. The van der Waals surface area contributed by atoms with E-state index in [1.165, 1.54) is 5.56 Å². The Morgan fingerprint density at radius 1 is 1.16 bits per heavy atom. The highest BCUT2D eigenvalue weighted by molar-refractivity contribution is 5.35. The summed E-state index contributed by atoms with van der Waals surface area (Å²) in [6.45, 7) is 10.5. The van der Waals surface area contributed by atoms with Crippen molar-refractivity contribution in [3.05, 3.63) is 29.8 Å². The van der Waals surface area contributed by atoms with Crippen molar-refractivity contribution in [2.45, 2.75) is 33.2 Å². The molecule has 0 saturated carbocycles. The van der Waals surface area contributed by atoms with Gasteiger partial charge in [0.05, 0.1) is 6.61 Å². The van der Waals surface area contributed by atoms with Crippen molar-refractivity contribution >= 4 is 0 Å². The Labute approximate surface area is 118 Å². The summed E-state index contributed by atoms with van der Waals surface area (Å²) in [7, 11) is 2.02. The molecule has 1 rings (SSSR count). The van der Waals surface area contributed by atoms with E-state index in [0.29, 0.717) is 12.6 Å². The molecule has 1 unspecified atom stereocenters. The lowest BCUT2D eigenvalue weighted by Gasteiger charge is -2.24. The van der Waals surface area contributed by atoms with Crippen LogP contribution < -0.4 is 10.1 Å². The summed E-state index contributed by atoms with van der Waals surface area (Å²) in [5, 5.41) is 3.41. The summed E-state index contributed by atoms with van der Waals surface area (Å²) in [5.41, 5.74) is 1.26. The van der Waals surface area contributed by atoms with Gasteiger partial charge in [-0.2, -0.15) is 0 Å². The minimum atomic E-state index is 0.350. The average molecular weight is 264 g/mol. The highest BCUT2D eigenvalue weighted by Gasteiger charge is 2.14. The van der Waals surface area contributed by atoms with Gasteiger partial charge in [-0.15, -0.1) is 0 Å². The highest BCUT2D eigenvalue weighted by atomic mass is 16.5. The first-order chi connectivity index (χ1) is 9.26. The van der Waals surface area contributed by atoms with Crippen LogP contribution in [0.15, 0.2) is 24.3 Å². The fraction of sp³-hybridized carbons (Fsp3) is 0.625. The number of ether oxygens (including phenoxy) is 1. The van der Waals surface area contributed by atoms with Crippen LogP contribution in [0.4, 0.5) is 0 Å². The summed E-state index contributed by atoms with van der Waals surface area (Å²) in [5.74, 6) is 1.00. The maximum absolute atomic E-state index is 5.73. The van der Waals surface area contributed by atoms with Crippen LogP contribution in [0.1, 0.15) is 38.8 Å². The number of hydrogen-bond acceptors (Lipinski definition) is 3. The molecule has 0 aliphatic heterocycles.